The van der Waals surface area contributed by atoms with Crippen LogP contribution in [0.2, 0.25) is 0 Å². The van der Waals surface area contributed by atoms with Gasteiger partial charge < -0.3 is 5.11 Å². The monoisotopic (exact) mass is 182 g/mol. The van der Waals surface area contributed by atoms with E-state index in [1.54, 1.807) is 0 Å². The Bertz CT molecular complexity index is 313. The number of nitriles is 1. The Morgan fingerprint density at radius 3 is 2.46 bits per heavy atom. The number of nitrogens with zero attached hydrogens (tertiary/aromatic N) is 1. The number of rotatable bonds is 2. The minimum atomic E-state index is 0. The van der Waals surface area contributed by atoms with Gasteiger partial charge in [-0.15, -0.1) is 0 Å². The first-order valence-corrected chi connectivity index (χ1v) is 3.64. The van der Waals surface area contributed by atoms with Gasteiger partial charge in [-0.3, -0.25) is 0 Å². The molecular weight excluding hydrogens is 173 g/mol. The molecule has 0 aliphatic carbocycles. The molecular formula is C10H9NNaO. The van der Waals surface area contributed by atoms with Crippen LogP contribution < -0.4 is 0 Å². The Hall–Kier alpha value is -0.750. The molecule has 1 aromatic carbocycles. The molecule has 0 amide bonds. The standard InChI is InChI=1S/C10H9NO.Na/c11-7-10(8-12)6-9-4-2-1-3-5-9;/h1-5,8,12H,6H2;. The van der Waals surface area contributed by atoms with Crippen LogP contribution in [0.15, 0.2) is 42.2 Å². The van der Waals surface area contributed by atoms with E-state index in [2.05, 4.69) is 0 Å². The van der Waals surface area contributed by atoms with E-state index in [0.29, 0.717) is 12.0 Å². The smallest absolute Gasteiger partial charge is 0.0982 e. The van der Waals surface area contributed by atoms with E-state index < -0.39 is 0 Å². The van der Waals surface area contributed by atoms with Crippen molar-refractivity contribution in [2.75, 3.05) is 0 Å². The van der Waals surface area contributed by atoms with Gasteiger partial charge in [-0.05, 0) is 5.56 Å². The van der Waals surface area contributed by atoms with E-state index in [1.807, 2.05) is 36.4 Å². The molecule has 1 aromatic rings. The van der Waals surface area contributed by atoms with E-state index in [1.165, 1.54) is 0 Å². The summed E-state index contributed by atoms with van der Waals surface area (Å²) in [5.41, 5.74) is 1.40. The summed E-state index contributed by atoms with van der Waals surface area (Å²) < 4.78 is 0. The predicted octanol–water partition coefficient (Wildman–Crippen LogP) is 1.81. The van der Waals surface area contributed by atoms with E-state index in [-0.39, 0.29) is 29.6 Å². The molecule has 0 aliphatic rings. The van der Waals surface area contributed by atoms with Gasteiger partial charge in [-0.1, -0.05) is 30.3 Å². The quantitative estimate of drug-likeness (QED) is 0.430. The first-order chi connectivity index (χ1) is 5.86. The molecule has 0 aliphatic heterocycles. The topological polar surface area (TPSA) is 44.0 Å². The molecule has 0 fully saturated rings. The molecule has 0 saturated carbocycles. The van der Waals surface area contributed by atoms with Gasteiger partial charge >= 0.3 is 0 Å². The number of aliphatic hydroxyl groups is 1. The molecule has 0 saturated heterocycles. The molecule has 0 bridgehead atoms. The van der Waals surface area contributed by atoms with Crippen molar-refractivity contribution in [1.29, 1.82) is 5.26 Å². The van der Waals surface area contributed by atoms with Gasteiger partial charge in [0.15, 0.2) is 0 Å². The van der Waals surface area contributed by atoms with Gasteiger partial charge in [0.2, 0.25) is 0 Å². The average molecular weight is 182 g/mol. The number of hydrogen-bond acceptors (Lipinski definition) is 2. The SMILES string of the molecule is N#CC(=CO)Cc1ccccc1.[Na]. The zero-order valence-corrected chi connectivity index (χ0v) is 9.57. The van der Waals surface area contributed by atoms with E-state index >= 15 is 0 Å². The summed E-state index contributed by atoms with van der Waals surface area (Å²) in [6.45, 7) is 0. The van der Waals surface area contributed by atoms with Crippen LogP contribution in [-0.2, 0) is 6.42 Å². The molecule has 0 aromatic heterocycles. The molecule has 13 heavy (non-hydrogen) atoms. The maximum atomic E-state index is 8.60. The first kappa shape index (κ1) is 12.2. The third-order valence-electron chi connectivity index (χ3n) is 1.54. The van der Waals surface area contributed by atoms with Crippen LogP contribution in [0, 0.1) is 11.3 Å². The Kier molecular flexibility index (Phi) is 6.34. The number of aliphatic hydroxyl groups excluding tert-OH is 1. The molecule has 3 heteroatoms. The normalized spacial score (nSPS) is 9.92. The van der Waals surface area contributed by atoms with Crippen LogP contribution in [0.5, 0.6) is 0 Å². The van der Waals surface area contributed by atoms with Gasteiger partial charge in [-0.2, -0.15) is 5.26 Å². The Balaban J connectivity index is 0.00000144. The molecule has 0 atom stereocenters. The number of hydrogen-bond donors (Lipinski definition) is 1. The van der Waals surface area contributed by atoms with Crippen molar-refractivity contribution in [1.82, 2.24) is 0 Å². The zero-order valence-electron chi connectivity index (χ0n) is 7.57. The van der Waals surface area contributed by atoms with E-state index in [9.17, 15) is 0 Å². The Morgan fingerprint density at radius 2 is 2.00 bits per heavy atom. The van der Waals surface area contributed by atoms with Crippen molar-refractivity contribution in [3.05, 3.63) is 47.7 Å². The van der Waals surface area contributed by atoms with Gasteiger partial charge in [0.1, 0.15) is 0 Å². The molecule has 1 rings (SSSR count). The summed E-state index contributed by atoms with van der Waals surface area (Å²) in [6.07, 6.45) is 1.35. The second-order valence-corrected chi connectivity index (χ2v) is 2.43. The fraction of sp³-hybridized carbons (Fsp3) is 0.100. The zero-order chi connectivity index (χ0) is 8.81. The summed E-state index contributed by atoms with van der Waals surface area (Å²) in [4.78, 5) is 0. The molecule has 0 spiro atoms. The molecule has 1 N–H and O–H groups in total. The number of benzene rings is 1. The van der Waals surface area contributed by atoms with Crippen molar-refractivity contribution < 1.29 is 5.11 Å². The van der Waals surface area contributed by atoms with Crippen LogP contribution in [-0.4, -0.2) is 34.7 Å². The fourth-order valence-corrected chi connectivity index (χ4v) is 0.930. The predicted molar refractivity (Wildman–Crippen MR) is 52.2 cm³/mol. The van der Waals surface area contributed by atoms with Crippen molar-refractivity contribution in [2.24, 2.45) is 0 Å². The van der Waals surface area contributed by atoms with Crippen molar-refractivity contribution in [3.63, 3.8) is 0 Å². The van der Waals surface area contributed by atoms with E-state index in [4.69, 9.17) is 10.4 Å². The van der Waals surface area contributed by atoms with Crippen molar-refractivity contribution >= 4 is 29.6 Å². The van der Waals surface area contributed by atoms with Crippen LogP contribution in [0.1, 0.15) is 5.56 Å². The van der Waals surface area contributed by atoms with Gasteiger partial charge in [0.05, 0.1) is 17.9 Å². The Morgan fingerprint density at radius 1 is 1.38 bits per heavy atom. The van der Waals surface area contributed by atoms with Crippen molar-refractivity contribution in [3.8, 4) is 6.07 Å². The van der Waals surface area contributed by atoms with Gasteiger partial charge in [-0.25, -0.2) is 0 Å². The molecule has 0 heterocycles. The molecule has 61 valence electrons. The largest absolute Gasteiger partial charge is 0.515 e. The summed E-state index contributed by atoms with van der Waals surface area (Å²) in [7, 11) is 0. The molecule has 1 radical (unpaired) electrons. The minimum absolute atomic E-state index is 0. The average Bonchev–Trinajstić information content (AvgIpc) is 2.16. The second-order valence-electron chi connectivity index (χ2n) is 2.43. The second kappa shape index (κ2) is 6.73. The first-order valence-electron chi connectivity index (χ1n) is 3.64. The van der Waals surface area contributed by atoms with Crippen molar-refractivity contribution in [2.45, 2.75) is 6.42 Å². The molecule has 2 nitrogen and oxygen atoms in total. The summed E-state index contributed by atoms with van der Waals surface area (Å²) in [5, 5.41) is 17.1. The Labute approximate surface area is 99.8 Å². The third-order valence-corrected chi connectivity index (χ3v) is 1.54. The van der Waals surface area contributed by atoms with Gasteiger partial charge in [0, 0.05) is 36.0 Å². The summed E-state index contributed by atoms with van der Waals surface area (Å²) in [5.74, 6) is 0. The summed E-state index contributed by atoms with van der Waals surface area (Å²) >= 11 is 0. The molecule has 0 unspecified atom stereocenters. The summed E-state index contributed by atoms with van der Waals surface area (Å²) in [6, 6.07) is 11.5. The third kappa shape index (κ3) is 4.14. The van der Waals surface area contributed by atoms with Crippen LogP contribution in [0.25, 0.3) is 0 Å². The van der Waals surface area contributed by atoms with Gasteiger partial charge in [0.25, 0.3) is 0 Å². The van der Waals surface area contributed by atoms with Crippen LogP contribution in [0.3, 0.4) is 0 Å². The maximum Gasteiger partial charge on any atom is 0.0982 e. The van der Waals surface area contributed by atoms with Crippen LogP contribution in [0.4, 0.5) is 0 Å². The number of allylic oxidation sites excluding steroid dienone is 1. The van der Waals surface area contributed by atoms with E-state index in [0.717, 1.165) is 11.8 Å². The van der Waals surface area contributed by atoms with Crippen LogP contribution >= 0.6 is 0 Å². The fourth-order valence-electron chi connectivity index (χ4n) is 0.930. The minimum Gasteiger partial charge on any atom is -0.515 e. The maximum absolute atomic E-state index is 8.60.